The molecule has 0 amide bonds. The average Bonchev–Trinajstić information content (AvgIpc) is 2.99. The second-order valence-corrected chi connectivity index (χ2v) is 6.20. The maximum absolute atomic E-state index is 5.30. The van der Waals surface area contributed by atoms with Gasteiger partial charge in [0.05, 0.1) is 6.54 Å². The number of hydrogen-bond acceptors (Lipinski definition) is 4. The molecule has 3 aromatic heterocycles. The first-order valence-electron chi connectivity index (χ1n) is 5.52. The van der Waals surface area contributed by atoms with E-state index in [1.165, 1.54) is 4.88 Å². The molecule has 0 unspecified atom stereocenters. The number of rotatable bonds is 3. The molecule has 0 bridgehead atoms. The molecule has 96 valence electrons. The molecule has 0 atom stereocenters. The fraction of sp³-hybridized carbons (Fsp3) is 0.0833. The largest absolute Gasteiger partial charge is 0.295 e. The van der Waals surface area contributed by atoms with Gasteiger partial charge in [-0.25, -0.2) is 0 Å². The van der Waals surface area contributed by atoms with Gasteiger partial charge < -0.3 is 0 Å². The molecule has 0 spiro atoms. The van der Waals surface area contributed by atoms with Crippen molar-refractivity contribution >= 4 is 39.5 Å². The van der Waals surface area contributed by atoms with Crippen LogP contribution in [0.3, 0.4) is 0 Å². The maximum atomic E-state index is 5.30. The Morgan fingerprint density at radius 1 is 1.37 bits per heavy atom. The summed E-state index contributed by atoms with van der Waals surface area (Å²) in [4.78, 5) is 5.24. The van der Waals surface area contributed by atoms with E-state index >= 15 is 0 Å². The molecule has 4 nitrogen and oxygen atoms in total. The quantitative estimate of drug-likeness (QED) is 0.727. The van der Waals surface area contributed by atoms with Crippen molar-refractivity contribution in [1.29, 1.82) is 0 Å². The van der Waals surface area contributed by atoms with Gasteiger partial charge in [-0.3, -0.25) is 14.6 Å². The standard InChI is InChI=1S/C12H9BrN4S2/c13-9-5-10(19-7-9)6-17-11(15-16-12(17)18)8-1-3-14-4-2-8/h1-5,7H,6H2,(H,16,18). The Balaban J connectivity index is 2.02. The topological polar surface area (TPSA) is 46.5 Å². The Labute approximate surface area is 127 Å². The molecular weight excluding hydrogens is 344 g/mol. The van der Waals surface area contributed by atoms with Crippen LogP contribution < -0.4 is 0 Å². The van der Waals surface area contributed by atoms with Crippen LogP contribution in [-0.2, 0) is 6.54 Å². The highest BCUT2D eigenvalue weighted by molar-refractivity contribution is 9.10. The first-order chi connectivity index (χ1) is 9.24. The number of H-pyrrole nitrogens is 1. The van der Waals surface area contributed by atoms with E-state index < -0.39 is 0 Å². The number of aromatic nitrogens is 4. The van der Waals surface area contributed by atoms with Gasteiger partial charge in [-0.2, -0.15) is 5.10 Å². The second-order valence-electron chi connectivity index (χ2n) is 3.91. The summed E-state index contributed by atoms with van der Waals surface area (Å²) in [5.41, 5.74) is 0.998. The van der Waals surface area contributed by atoms with E-state index in [0.717, 1.165) is 15.9 Å². The number of nitrogens with zero attached hydrogens (tertiary/aromatic N) is 3. The highest BCUT2D eigenvalue weighted by atomic mass is 79.9. The van der Waals surface area contributed by atoms with Crippen molar-refractivity contribution in [2.45, 2.75) is 6.54 Å². The van der Waals surface area contributed by atoms with Gasteiger partial charge in [0.2, 0.25) is 0 Å². The lowest BCUT2D eigenvalue weighted by molar-refractivity contribution is 0.802. The molecule has 3 heterocycles. The summed E-state index contributed by atoms with van der Waals surface area (Å²) < 4.78 is 3.70. The van der Waals surface area contributed by atoms with Crippen molar-refractivity contribution in [3.05, 3.63) is 50.1 Å². The average molecular weight is 353 g/mol. The van der Waals surface area contributed by atoms with E-state index in [1.807, 2.05) is 16.7 Å². The summed E-state index contributed by atoms with van der Waals surface area (Å²) in [6.07, 6.45) is 3.50. The van der Waals surface area contributed by atoms with Crippen molar-refractivity contribution in [2.75, 3.05) is 0 Å². The zero-order chi connectivity index (χ0) is 13.2. The first-order valence-corrected chi connectivity index (χ1v) is 7.60. The van der Waals surface area contributed by atoms with Gasteiger partial charge >= 0.3 is 0 Å². The van der Waals surface area contributed by atoms with Gasteiger partial charge in [0.1, 0.15) is 0 Å². The van der Waals surface area contributed by atoms with Crippen LogP contribution in [0.5, 0.6) is 0 Å². The number of pyridine rings is 1. The third kappa shape index (κ3) is 2.68. The van der Waals surface area contributed by atoms with Crippen molar-refractivity contribution in [1.82, 2.24) is 19.7 Å². The number of thiophene rings is 1. The third-order valence-electron chi connectivity index (χ3n) is 2.63. The molecule has 0 aliphatic heterocycles. The molecule has 1 N–H and O–H groups in total. The van der Waals surface area contributed by atoms with Crippen LogP contribution in [0.4, 0.5) is 0 Å². The monoisotopic (exact) mass is 352 g/mol. The van der Waals surface area contributed by atoms with Crippen LogP contribution >= 0.6 is 39.5 Å². The van der Waals surface area contributed by atoms with Gasteiger partial charge in [-0.1, -0.05) is 0 Å². The molecule has 0 aliphatic carbocycles. The minimum Gasteiger partial charge on any atom is -0.295 e. The predicted octanol–water partition coefficient (Wildman–Crippen LogP) is 3.87. The van der Waals surface area contributed by atoms with Crippen molar-refractivity contribution in [2.24, 2.45) is 0 Å². The van der Waals surface area contributed by atoms with E-state index in [-0.39, 0.29) is 0 Å². The lowest BCUT2D eigenvalue weighted by atomic mass is 10.2. The first kappa shape index (κ1) is 12.7. The lowest BCUT2D eigenvalue weighted by Crippen LogP contribution is -2.01. The maximum Gasteiger partial charge on any atom is 0.195 e. The van der Waals surface area contributed by atoms with Crippen LogP contribution in [-0.4, -0.2) is 19.7 Å². The third-order valence-corrected chi connectivity index (χ3v) is 4.63. The van der Waals surface area contributed by atoms with E-state index in [4.69, 9.17) is 12.2 Å². The highest BCUT2D eigenvalue weighted by Gasteiger charge is 2.10. The van der Waals surface area contributed by atoms with Crippen LogP contribution in [0.15, 0.2) is 40.4 Å². The normalized spacial score (nSPS) is 10.8. The zero-order valence-corrected chi connectivity index (χ0v) is 12.9. The smallest absolute Gasteiger partial charge is 0.195 e. The highest BCUT2D eigenvalue weighted by Crippen LogP contribution is 2.23. The lowest BCUT2D eigenvalue weighted by Gasteiger charge is -2.04. The van der Waals surface area contributed by atoms with Crippen LogP contribution in [0, 0.1) is 4.77 Å². The van der Waals surface area contributed by atoms with Gasteiger partial charge in [0, 0.05) is 32.7 Å². The van der Waals surface area contributed by atoms with Crippen LogP contribution in [0.2, 0.25) is 0 Å². The van der Waals surface area contributed by atoms with Gasteiger partial charge in [0.15, 0.2) is 10.6 Å². The SMILES string of the molecule is S=c1[nH]nc(-c2ccncc2)n1Cc1cc(Br)cs1. The molecule has 0 radical (unpaired) electrons. The molecule has 0 aromatic carbocycles. The molecule has 0 saturated heterocycles. The molecule has 3 aromatic rings. The molecule has 19 heavy (non-hydrogen) atoms. The molecule has 0 aliphatic rings. The minimum atomic E-state index is 0.622. The summed E-state index contributed by atoms with van der Waals surface area (Å²) in [5.74, 6) is 0.830. The summed E-state index contributed by atoms with van der Waals surface area (Å²) in [5, 5.41) is 9.21. The van der Waals surface area contributed by atoms with Gasteiger partial charge in [-0.05, 0) is 46.3 Å². The van der Waals surface area contributed by atoms with Crippen LogP contribution in [0.1, 0.15) is 4.88 Å². The predicted molar refractivity (Wildman–Crippen MR) is 81.8 cm³/mol. The number of hydrogen-bond donors (Lipinski definition) is 1. The number of nitrogens with one attached hydrogen (secondary N) is 1. The molecule has 7 heteroatoms. The van der Waals surface area contributed by atoms with Crippen molar-refractivity contribution < 1.29 is 0 Å². The van der Waals surface area contributed by atoms with Crippen LogP contribution in [0.25, 0.3) is 11.4 Å². The van der Waals surface area contributed by atoms with E-state index in [2.05, 4.69) is 42.6 Å². The van der Waals surface area contributed by atoms with E-state index in [0.29, 0.717) is 11.3 Å². The fourth-order valence-electron chi connectivity index (χ4n) is 1.78. The summed E-state index contributed by atoms with van der Waals surface area (Å²) in [7, 11) is 0. The molecule has 3 rings (SSSR count). The Hall–Kier alpha value is -1.31. The zero-order valence-electron chi connectivity index (χ0n) is 9.71. The van der Waals surface area contributed by atoms with E-state index in [1.54, 1.807) is 23.7 Å². The van der Waals surface area contributed by atoms with E-state index in [9.17, 15) is 0 Å². The summed E-state index contributed by atoms with van der Waals surface area (Å²) in [6.45, 7) is 0.712. The Morgan fingerprint density at radius 2 is 2.16 bits per heavy atom. The van der Waals surface area contributed by atoms with Gasteiger partial charge in [0.25, 0.3) is 0 Å². The Kier molecular flexibility index (Phi) is 3.58. The molecule has 0 saturated carbocycles. The second kappa shape index (κ2) is 5.36. The minimum absolute atomic E-state index is 0.622. The summed E-state index contributed by atoms with van der Waals surface area (Å²) >= 11 is 10.5. The molecule has 0 fully saturated rings. The number of aromatic amines is 1. The Morgan fingerprint density at radius 3 is 2.84 bits per heavy atom. The van der Waals surface area contributed by atoms with Crippen molar-refractivity contribution in [3.63, 3.8) is 0 Å². The van der Waals surface area contributed by atoms with Gasteiger partial charge in [-0.15, -0.1) is 11.3 Å². The van der Waals surface area contributed by atoms with Crippen molar-refractivity contribution in [3.8, 4) is 11.4 Å². The fourth-order valence-corrected chi connectivity index (χ4v) is 3.41. The summed E-state index contributed by atoms with van der Waals surface area (Å²) in [6, 6.07) is 5.94. The number of halogens is 1. The Bertz CT molecular complexity index is 744. The molecular formula is C12H9BrN4S2.